The van der Waals surface area contributed by atoms with Gasteiger partial charge >= 0.3 is 0 Å². The lowest BCUT2D eigenvalue weighted by Gasteiger charge is -2.09. The highest BCUT2D eigenvalue weighted by Gasteiger charge is 1.99. The number of amides is 1. The monoisotopic (exact) mass is 589 g/mol. The minimum Gasteiger partial charge on any atom is -0.491 e. The minimum absolute atomic E-state index is 0.106. The largest absolute Gasteiger partial charge is 0.491 e. The molecule has 0 aliphatic carbocycles. The van der Waals surface area contributed by atoms with Crippen LogP contribution in [0.5, 0.6) is 5.75 Å². The first-order chi connectivity index (χ1) is 20.1. The van der Waals surface area contributed by atoms with Crippen molar-refractivity contribution < 1.29 is 52.2 Å². The molecular weight excluding hydrogens is 538 g/mol. The lowest BCUT2D eigenvalue weighted by Crippen LogP contribution is -2.15. The molecule has 12 heteroatoms. The number of hydrogen-bond donors (Lipinski definition) is 1. The second-order valence-electron chi connectivity index (χ2n) is 8.87. The molecule has 0 spiro atoms. The van der Waals surface area contributed by atoms with Crippen molar-refractivity contribution in [2.75, 3.05) is 124 Å². The van der Waals surface area contributed by atoms with Crippen LogP contribution in [0.2, 0.25) is 0 Å². The molecule has 1 aromatic rings. The highest BCUT2D eigenvalue weighted by atomic mass is 16.6. The van der Waals surface area contributed by atoms with Gasteiger partial charge in [-0.25, -0.2) is 0 Å². The summed E-state index contributed by atoms with van der Waals surface area (Å²) in [5.41, 5.74) is 0.734. The Hall–Kier alpha value is -1.87. The Kier molecular flexibility index (Phi) is 25.6. The topological polar surface area (TPSA) is 121 Å². The van der Waals surface area contributed by atoms with E-state index < -0.39 is 0 Å². The first-order valence-corrected chi connectivity index (χ1v) is 14.3. The number of rotatable bonds is 30. The summed E-state index contributed by atoms with van der Waals surface area (Å²) in [6.07, 6.45) is 0.230. The van der Waals surface area contributed by atoms with Gasteiger partial charge in [-0.3, -0.25) is 4.79 Å². The summed E-state index contributed by atoms with van der Waals surface area (Å²) in [5, 5.41) is 2.71. The third-order valence-electron chi connectivity index (χ3n) is 4.95. The summed E-state index contributed by atoms with van der Waals surface area (Å²) < 4.78 is 54.6. The Morgan fingerprint density at radius 2 is 0.854 bits per heavy atom. The van der Waals surface area contributed by atoms with Gasteiger partial charge in [0.1, 0.15) is 12.4 Å². The lowest BCUT2D eigenvalue weighted by atomic mass is 10.3. The van der Waals surface area contributed by atoms with E-state index in [1.807, 2.05) is 13.8 Å². The molecule has 41 heavy (non-hydrogen) atoms. The van der Waals surface area contributed by atoms with E-state index in [4.69, 9.17) is 47.4 Å². The van der Waals surface area contributed by atoms with Crippen LogP contribution in [0, 0.1) is 0 Å². The predicted molar refractivity (Wildman–Crippen MR) is 154 cm³/mol. The molecule has 0 heterocycles. The average molecular weight is 590 g/mol. The highest BCUT2D eigenvalue weighted by molar-refractivity contribution is 5.88. The first kappa shape index (κ1) is 37.2. The molecule has 1 rings (SSSR count). The molecule has 1 amide bonds. The van der Waals surface area contributed by atoms with Crippen molar-refractivity contribution >= 4 is 11.6 Å². The lowest BCUT2D eigenvalue weighted by molar-refractivity contribution is -0.114. The minimum atomic E-state index is -0.106. The summed E-state index contributed by atoms with van der Waals surface area (Å²) in [4.78, 5) is 11.0. The van der Waals surface area contributed by atoms with Crippen LogP contribution in [0.3, 0.4) is 0 Å². The molecule has 1 aromatic carbocycles. The molecule has 0 fully saturated rings. The van der Waals surface area contributed by atoms with E-state index in [9.17, 15) is 4.79 Å². The second-order valence-corrected chi connectivity index (χ2v) is 8.87. The van der Waals surface area contributed by atoms with Crippen molar-refractivity contribution in [1.82, 2.24) is 0 Å². The predicted octanol–water partition coefficient (Wildman–Crippen LogP) is 2.58. The number of carbonyl (C=O) groups is 1. The Morgan fingerprint density at radius 3 is 1.17 bits per heavy atom. The van der Waals surface area contributed by atoms with Crippen molar-refractivity contribution in [3.8, 4) is 5.75 Å². The Bertz CT molecular complexity index is 707. The van der Waals surface area contributed by atoms with Crippen molar-refractivity contribution in [2.24, 2.45) is 0 Å². The number of ether oxygens (including phenoxy) is 10. The number of nitrogens with one attached hydrogen (secondary N) is 1. The van der Waals surface area contributed by atoms with Crippen LogP contribution in [0.4, 0.5) is 5.69 Å². The Labute approximate surface area is 245 Å². The smallest absolute Gasteiger partial charge is 0.221 e. The average Bonchev–Trinajstić information content (AvgIpc) is 2.95. The molecule has 0 unspecified atom stereocenters. The number of carbonyl (C=O) groups excluding carboxylic acids is 1. The maximum absolute atomic E-state index is 11.0. The van der Waals surface area contributed by atoms with Crippen molar-refractivity contribution in [3.05, 3.63) is 24.3 Å². The maximum Gasteiger partial charge on any atom is 0.221 e. The van der Waals surface area contributed by atoms with Gasteiger partial charge < -0.3 is 52.7 Å². The van der Waals surface area contributed by atoms with Gasteiger partial charge in [0.25, 0.3) is 0 Å². The maximum atomic E-state index is 11.0. The van der Waals surface area contributed by atoms with Crippen LogP contribution in [-0.4, -0.2) is 131 Å². The molecule has 12 nitrogen and oxygen atoms in total. The summed E-state index contributed by atoms with van der Waals surface area (Å²) in [5.74, 6) is 0.614. The van der Waals surface area contributed by atoms with Gasteiger partial charge in [-0.05, 0) is 38.1 Å². The fourth-order valence-corrected chi connectivity index (χ4v) is 3.04. The van der Waals surface area contributed by atoms with Gasteiger partial charge in [0.15, 0.2) is 0 Å². The molecule has 0 aliphatic rings. The van der Waals surface area contributed by atoms with Crippen molar-refractivity contribution in [1.29, 1.82) is 0 Å². The van der Waals surface area contributed by atoms with Gasteiger partial charge in [-0.15, -0.1) is 0 Å². The molecule has 0 aliphatic heterocycles. The van der Waals surface area contributed by atoms with Crippen LogP contribution in [0.1, 0.15) is 20.8 Å². The molecule has 0 radical (unpaired) electrons. The van der Waals surface area contributed by atoms with E-state index >= 15 is 0 Å². The third kappa shape index (κ3) is 26.8. The highest BCUT2D eigenvalue weighted by Crippen LogP contribution is 2.15. The summed E-state index contributed by atoms with van der Waals surface area (Å²) in [7, 11) is 0. The molecule has 0 atom stereocenters. The third-order valence-corrected chi connectivity index (χ3v) is 4.95. The summed E-state index contributed by atoms with van der Waals surface area (Å²) in [6, 6.07) is 7.18. The number of hydrogen-bond acceptors (Lipinski definition) is 11. The Balaban J connectivity index is 1.69. The van der Waals surface area contributed by atoms with E-state index in [0.717, 1.165) is 11.4 Å². The normalized spacial score (nSPS) is 11.3. The SMILES string of the molecule is CC(=O)Nc1ccc(OCCOCCOCCOCCOCCOCCOCCOCCOCCOC(C)C)cc1. The molecule has 0 saturated carbocycles. The molecule has 0 saturated heterocycles. The standard InChI is InChI=1S/C29H51NO11/c1-26(2)40-24-22-38-20-18-36-16-14-34-12-10-32-8-9-33-11-13-35-15-17-37-19-21-39-23-25-41-29-6-4-28(5-7-29)30-27(3)31/h4-7,26H,8-25H2,1-3H3,(H,30,31). The van der Waals surface area contributed by atoms with Gasteiger partial charge in [-0.1, -0.05) is 0 Å². The van der Waals surface area contributed by atoms with E-state index in [0.29, 0.717) is 119 Å². The van der Waals surface area contributed by atoms with Gasteiger partial charge in [0, 0.05) is 12.6 Å². The molecule has 238 valence electrons. The van der Waals surface area contributed by atoms with E-state index in [-0.39, 0.29) is 12.0 Å². The van der Waals surface area contributed by atoms with Gasteiger partial charge in [0.05, 0.1) is 118 Å². The van der Waals surface area contributed by atoms with Crippen LogP contribution >= 0.6 is 0 Å². The van der Waals surface area contributed by atoms with Crippen LogP contribution in [0.15, 0.2) is 24.3 Å². The summed E-state index contributed by atoms with van der Waals surface area (Å²) in [6.45, 7) is 14.7. The first-order valence-electron chi connectivity index (χ1n) is 14.3. The van der Waals surface area contributed by atoms with Crippen LogP contribution in [-0.2, 0) is 47.4 Å². The van der Waals surface area contributed by atoms with Crippen molar-refractivity contribution in [3.63, 3.8) is 0 Å². The van der Waals surface area contributed by atoms with Crippen LogP contribution in [0.25, 0.3) is 0 Å². The quantitative estimate of drug-likeness (QED) is 0.133. The molecule has 0 aromatic heterocycles. The van der Waals surface area contributed by atoms with Crippen molar-refractivity contribution in [2.45, 2.75) is 26.9 Å². The van der Waals surface area contributed by atoms with Gasteiger partial charge in [0.2, 0.25) is 5.91 Å². The van der Waals surface area contributed by atoms with Gasteiger partial charge in [-0.2, -0.15) is 0 Å². The fraction of sp³-hybridized carbons (Fsp3) is 0.759. The number of benzene rings is 1. The van der Waals surface area contributed by atoms with Crippen LogP contribution < -0.4 is 10.1 Å². The zero-order chi connectivity index (χ0) is 29.6. The Morgan fingerprint density at radius 1 is 0.537 bits per heavy atom. The second kappa shape index (κ2) is 28.3. The molecule has 1 N–H and O–H groups in total. The van der Waals surface area contributed by atoms with E-state index in [1.165, 1.54) is 6.92 Å². The fourth-order valence-electron chi connectivity index (χ4n) is 3.04. The zero-order valence-electron chi connectivity index (χ0n) is 25.1. The number of anilines is 1. The zero-order valence-corrected chi connectivity index (χ0v) is 25.1. The van der Waals surface area contributed by atoms with E-state index in [1.54, 1.807) is 24.3 Å². The van der Waals surface area contributed by atoms with E-state index in [2.05, 4.69) is 5.32 Å². The summed E-state index contributed by atoms with van der Waals surface area (Å²) >= 11 is 0. The molecule has 0 bridgehead atoms. The molecular formula is C29H51NO11.